The molecule has 1 amide bonds. The number of hydrogen-bond donors (Lipinski definition) is 1. The van der Waals surface area contributed by atoms with Crippen LogP contribution in [0.1, 0.15) is 42.1 Å². The zero-order valence-corrected chi connectivity index (χ0v) is 17.3. The van der Waals surface area contributed by atoms with Gasteiger partial charge in [-0.15, -0.1) is 0 Å². The summed E-state index contributed by atoms with van der Waals surface area (Å²) in [5.41, 5.74) is 2.03. The van der Waals surface area contributed by atoms with Crippen molar-refractivity contribution in [3.8, 4) is 0 Å². The third-order valence-electron chi connectivity index (χ3n) is 6.45. The maximum absolute atomic E-state index is 12.9. The number of carbonyl (C=O) groups is 1. The van der Waals surface area contributed by atoms with Crippen LogP contribution in [0.2, 0.25) is 0 Å². The van der Waals surface area contributed by atoms with Crippen molar-refractivity contribution in [2.75, 3.05) is 31.1 Å². The molecule has 5 rings (SSSR count). The van der Waals surface area contributed by atoms with Crippen molar-refractivity contribution in [3.05, 3.63) is 69.1 Å². The lowest BCUT2D eigenvalue weighted by Gasteiger charge is -2.36. The summed E-state index contributed by atoms with van der Waals surface area (Å²) in [6, 6.07) is 9.02. The average Bonchev–Trinajstić information content (AvgIpc) is 3.34. The predicted octanol–water partition coefficient (Wildman–Crippen LogP) is 2.16. The fourth-order valence-electron chi connectivity index (χ4n) is 4.66. The molecule has 0 unspecified atom stereocenters. The van der Waals surface area contributed by atoms with Crippen molar-refractivity contribution in [3.63, 3.8) is 0 Å². The Morgan fingerprint density at radius 3 is 2.48 bits per heavy atom. The second kappa shape index (κ2) is 8.02. The van der Waals surface area contributed by atoms with Crippen LogP contribution in [-0.2, 0) is 0 Å². The molecule has 1 aliphatic heterocycles. The molecule has 0 bridgehead atoms. The third kappa shape index (κ3) is 3.73. The lowest BCUT2D eigenvalue weighted by Crippen LogP contribution is -2.48. The van der Waals surface area contributed by atoms with E-state index in [0.717, 1.165) is 18.5 Å². The molecule has 3 heterocycles. The SMILES string of the molecule is O=C(c1ccc(=O)[nH]c1)N1CCN(c2ccc3c(=O)n(C4CCCC4)cnc3c2)CC1. The van der Waals surface area contributed by atoms with Crippen molar-refractivity contribution in [2.24, 2.45) is 0 Å². The molecule has 8 heteroatoms. The van der Waals surface area contributed by atoms with Gasteiger partial charge in [0.05, 0.1) is 22.8 Å². The van der Waals surface area contributed by atoms with Crippen LogP contribution in [-0.4, -0.2) is 51.5 Å². The molecule has 0 spiro atoms. The molecule has 1 aromatic carbocycles. The number of amides is 1. The van der Waals surface area contributed by atoms with Crippen molar-refractivity contribution in [2.45, 2.75) is 31.7 Å². The highest BCUT2D eigenvalue weighted by Crippen LogP contribution is 2.28. The second-order valence-electron chi connectivity index (χ2n) is 8.32. The fourth-order valence-corrected chi connectivity index (χ4v) is 4.66. The van der Waals surface area contributed by atoms with Crippen molar-refractivity contribution in [1.29, 1.82) is 0 Å². The van der Waals surface area contributed by atoms with Crippen LogP contribution in [0.5, 0.6) is 0 Å². The van der Waals surface area contributed by atoms with E-state index >= 15 is 0 Å². The molecule has 0 atom stereocenters. The molecule has 1 saturated carbocycles. The van der Waals surface area contributed by atoms with E-state index in [4.69, 9.17) is 0 Å². The average molecular weight is 419 g/mol. The maximum Gasteiger partial charge on any atom is 0.261 e. The molecular formula is C23H25N5O3. The van der Waals surface area contributed by atoms with Gasteiger partial charge < -0.3 is 14.8 Å². The van der Waals surface area contributed by atoms with E-state index in [0.29, 0.717) is 42.6 Å². The Morgan fingerprint density at radius 1 is 1.00 bits per heavy atom. The van der Waals surface area contributed by atoms with Crippen LogP contribution in [0, 0.1) is 0 Å². The van der Waals surface area contributed by atoms with Crippen molar-refractivity contribution < 1.29 is 4.79 Å². The molecule has 2 aromatic heterocycles. The zero-order valence-electron chi connectivity index (χ0n) is 17.3. The van der Waals surface area contributed by atoms with E-state index in [9.17, 15) is 14.4 Å². The summed E-state index contributed by atoms with van der Waals surface area (Å²) >= 11 is 0. The first-order chi connectivity index (χ1) is 15.1. The standard InChI is InChI=1S/C23H25N5O3/c29-21-8-5-16(14-24-21)22(30)27-11-9-26(10-12-27)18-6-7-19-20(13-18)25-15-28(23(19)31)17-3-1-2-4-17/h5-8,13-15,17H,1-4,9-12H2,(H,24,29). The first kappa shape index (κ1) is 19.5. The Labute approximate surface area is 179 Å². The summed E-state index contributed by atoms with van der Waals surface area (Å²) in [4.78, 5) is 47.9. The predicted molar refractivity (Wildman–Crippen MR) is 119 cm³/mol. The summed E-state index contributed by atoms with van der Waals surface area (Å²) in [5.74, 6) is -0.0801. The molecule has 3 aromatic rings. The molecule has 1 N–H and O–H groups in total. The largest absolute Gasteiger partial charge is 0.368 e. The van der Waals surface area contributed by atoms with E-state index < -0.39 is 0 Å². The van der Waals surface area contributed by atoms with E-state index in [1.807, 2.05) is 18.2 Å². The normalized spacial score (nSPS) is 17.4. The van der Waals surface area contributed by atoms with Crippen molar-refractivity contribution >= 4 is 22.5 Å². The number of pyridine rings is 1. The summed E-state index contributed by atoms with van der Waals surface area (Å²) in [6.07, 6.45) is 7.60. The summed E-state index contributed by atoms with van der Waals surface area (Å²) < 4.78 is 1.80. The number of aromatic nitrogens is 3. The number of benzene rings is 1. The molecule has 160 valence electrons. The lowest BCUT2D eigenvalue weighted by molar-refractivity contribution is 0.0746. The molecule has 1 saturated heterocycles. The van der Waals surface area contributed by atoms with Crippen LogP contribution in [0.25, 0.3) is 10.9 Å². The Bertz CT molecular complexity index is 1210. The minimum absolute atomic E-state index is 0.0415. The van der Waals surface area contributed by atoms with Gasteiger partial charge in [-0.2, -0.15) is 0 Å². The number of nitrogens with one attached hydrogen (secondary N) is 1. The topological polar surface area (TPSA) is 91.3 Å². The quantitative estimate of drug-likeness (QED) is 0.703. The number of H-pyrrole nitrogens is 1. The van der Waals surface area contributed by atoms with Gasteiger partial charge in [-0.3, -0.25) is 19.0 Å². The van der Waals surface area contributed by atoms with Gasteiger partial charge in [0.1, 0.15) is 0 Å². The number of piperazine rings is 1. The Kier molecular flexibility index (Phi) is 5.05. The zero-order chi connectivity index (χ0) is 21.4. The maximum atomic E-state index is 12.9. The molecule has 2 fully saturated rings. The molecule has 2 aliphatic rings. The van der Waals surface area contributed by atoms with Crippen LogP contribution in [0.3, 0.4) is 0 Å². The Morgan fingerprint density at radius 2 is 1.77 bits per heavy atom. The van der Waals surface area contributed by atoms with Gasteiger partial charge >= 0.3 is 0 Å². The number of aromatic amines is 1. The summed E-state index contributed by atoms with van der Waals surface area (Å²) in [5, 5.41) is 0.657. The van der Waals surface area contributed by atoms with Gasteiger partial charge in [0.25, 0.3) is 11.5 Å². The summed E-state index contributed by atoms with van der Waals surface area (Å²) in [6.45, 7) is 2.57. The van der Waals surface area contributed by atoms with Gasteiger partial charge in [-0.1, -0.05) is 12.8 Å². The summed E-state index contributed by atoms with van der Waals surface area (Å²) in [7, 11) is 0. The minimum atomic E-state index is -0.221. The van der Waals surface area contributed by atoms with E-state index in [-0.39, 0.29) is 23.1 Å². The van der Waals surface area contributed by atoms with Gasteiger partial charge in [-0.25, -0.2) is 4.98 Å². The monoisotopic (exact) mass is 419 g/mol. The molecule has 31 heavy (non-hydrogen) atoms. The van der Waals surface area contributed by atoms with Crippen LogP contribution in [0.4, 0.5) is 5.69 Å². The molecule has 0 radical (unpaired) electrons. The fraction of sp³-hybridized carbons (Fsp3) is 0.391. The van der Waals surface area contributed by atoms with Gasteiger partial charge in [0, 0.05) is 50.2 Å². The van der Waals surface area contributed by atoms with Gasteiger partial charge in [0.2, 0.25) is 5.56 Å². The lowest BCUT2D eigenvalue weighted by atomic mass is 10.1. The highest BCUT2D eigenvalue weighted by molar-refractivity contribution is 5.94. The van der Waals surface area contributed by atoms with E-state index in [1.165, 1.54) is 25.1 Å². The molecule has 8 nitrogen and oxygen atoms in total. The number of fused-ring (bicyclic) bond motifs is 1. The van der Waals surface area contributed by atoms with Gasteiger partial charge in [0.15, 0.2) is 0 Å². The van der Waals surface area contributed by atoms with Crippen LogP contribution < -0.4 is 16.0 Å². The van der Waals surface area contributed by atoms with E-state index in [1.54, 1.807) is 21.9 Å². The first-order valence-corrected chi connectivity index (χ1v) is 10.8. The van der Waals surface area contributed by atoms with Crippen LogP contribution in [0.15, 0.2) is 52.4 Å². The highest BCUT2D eigenvalue weighted by Gasteiger charge is 2.23. The van der Waals surface area contributed by atoms with Gasteiger partial charge in [-0.05, 0) is 37.1 Å². The Balaban J connectivity index is 1.31. The van der Waals surface area contributed by atoms with Crippen LogP contribution >= 0.6 is 0 Å². The number of hydrogen-bond acceptors (Lipinski definition) is 5. The smallest absolute Gasteiger partial charge is 0.261 e. The van der Waals surface area contributed by atoms with Crippen molar-refractivity contribution in [1.82, 2.24) is 19.4 Å². The third-order valence-corrected chi connectivity index (χ3v) is 6.45. The van der Waals surface area contributed by atoms with E-state index in [2.05, 4.69) is 14.9 Å². The minimum Gasteiger partial charge on any atom is -0.368 e. The number of carbonyl (C=O) groups excluding carboxylic acids is 1. The number of anilines is 1. The first-order valence-electron chi connectivity index (χ1n) is 10.8. The second-order valence-corrected chi connectivity index (χ2v) is 8.32. The molecular weight excluding hydrogens is 394 g/mol. The highest BCUT2D eigenvalue weighted by atomic mass is 16.2. The Hall–Kier alpha value is -3.42. The molecule has 1 aliphatic carbocycles. The number of nitrogens with zero attached hydrogens (tertiary/aromatic N) is 4. The number of rotatable bonds is 3.